The van der Waals surface area contributed by atoms with Crippen LogP contribution in [0.3, 0.4) is 0 Å². The van der Waals surface area contributed by atoms with Gasteiger partial charge in [0.05, 0.1) is 18.8 Å². The van der Waals surface area contributed by atoms with Gasteiger partial charge in [-0.15, -0.1) is 10.2 Å². The van der Waals surface area contributed by atoms with Crippen molar-refractivity contribution < 1.29 is 28.6 Å². The van der Waals surface area contributed by atoms with Crippen molar-refractivity contribution >= 4 is 35.0 Å². The number of anilines is 1. The van der Waals surface area contributed by atoms with Gasteiger partial charge in [-0.05, 0) is 18.2 Å². The van der Waals surface area contributed by atoms with E-state index < -0.39 is 24.0 Å². The average Bonchev–Trinajstić information content (AvgIpc) is 3.20. The molecule has 0 bridgehead atoms. The number of carboxylic acids is 1. The lowest BCUT2D eigenvalue weighted by molar-refractivity contribution is -0.255. The molecule has 2 aromatic rings. The molecule has 1 aromatic carbocycles. The largest absolute Gasteiger partial charge is 0.542 e. The summed E-state index contributed by atoms with van der Waals surface area (Å²) in [6, 6.07) is 3.98. The number of carboxylic acid groups (broad SMARTS) is 1. The van der Waals surface area contributed by atoms with Gasteiger partial charge >= 0.3 is 6.09 Å². The Labute approximate surface area is 150 Å². The Morgan fingerprint density at radius 3 is 2.85 bits per heavy atom. The number of aromatic carboxylic acids is 1. The molecule has 9 nitrogen and oxygen atoms in total. The fourth-order valence-electron chi connectivity index (χ4n) is 2.36. The summed E-state index contributed by atoms with van der Waals surface area (Å²) in [5.74, 6) is -2.43. The maximum atomic E-state index is 14.4. The molecule has 1 aromatic heterocycles. The van der Waals surface area contributed by atoms with Crippen molar-refractivity contribution in [2.45, 2.75) is 13.0 Å². The minimum atomic E-state index is -1.49. The number of benzene rings is 1. The maximum absolute atomic E-state index is 14.4. The number of halogens is 1. The van der Waals surface area contributed by atoms with E-state index in [1.807, 2.05) is 0 Å². The van der Waals surface area contributed by atoms with Gasteiger partial charge in [0.15, 0.2) is 10.0 Å². The first kappa shape index (κ1) is 17.7. The summed E-state index contributed by atoms with van der Waals surface area (Å²) in [6.07, 6.45) is -1.19. The molecule has 2 amide bonds. The summed E-state index contributed by atoms with van der Waals surface area (Å²) in [6.45, 7) is 1.67. The summed E-state index contributed by atoms with van der Waals surface area (Å²) >= 11 is 0.687. The highest BCUT2D eigenvalue weighted by Gasteiger charge is 2.32. The Balaban J connectivity index is 1.77. The van der Waals surface area contributed by atoms with Crippen LogP contribution in [0.4, 0.5) is 14.9 Å². The van der Waals surface area contributed by atoms with E-state index in [4.69, 9.17) is 4.74 Å². The molecule has 0 saturated carbocycles. The summed E-state index contributed by atoms with van der Waals surface area (Å²) in [5.41, 5.74) is 0.326. The van der Waals surface area contributed by atoms with E-state index in [9.17, 15) is 23.9 Å². The summed E-state index contributed by atoms with van der Waals surface area (Å²) in [5, 5.41) is 20.1. The van der Waals surface area contributed by atoms with Crippen LogP contribution >= 0.6 is 11.3 Å². The van der Waals surface area contributed by atoms with Crippen LogP contribution in [0, 0.1) is 5.82 Å². The number of amides is 2. The highest BCUT2D eigenvalue weighted by atomic mass is 32.1. The van der Waals surface area contributed by atoms with Crippen LogP contribution in [0.25, 0.3) is 10.6 Å². The number of nitrogens with zero attached hydrogens (tertiary/aromatic N) is 3. The predicted octanol–water partition coefficient (Wildman–Crippen LogP) is 0.169. The normalized spacial score (nSPS) is 16.5. The van der Waals surface area contributed by atoms with E-state index in [0.29, 0.717) is 11.3 Å². The first-order chi connectivity index (χ1) is 12.3. The highest BCUT2D eigenvalue weighted by molar-refractivity contribution is 7.16. The molecular formula is C15H12FN4O5S-. The quantitative estimate of drug-likeness (QED) is 0.785. The molecule has 1 aliphatic rings. The van der Waals surface area contributed by atoms with E-state index in [1.54, 1.807) is 0 Å². The van der Waals surface area contributed by atoms with Gasteiger partial charge < -0.3 is 20.0 Å². The zero-order valence-electron chi connectivity index (χ0n) is 13.4. The van der Waals surface area contributed by atoms with E-state index in [0.717, 1.165) is 6.07 Å². The number of rotatable bonds is 5. The summed E-state index contributed by atoms with van der Waals surface area (Å²) in [4.78, 5) is 34.9. The molecule has 0 aliphatic carbocycles. The Morgan fingerprint density at radius 2 is 2.23 bits per heavy atom. The summed E-state index contributed by atoms with van der Waals surface area (Å²) in [7, 11) is 0. The molecule has 11 heteroatoms. The number of hydrogen-bond acceptors (Lipinski definition) is 8. The van der Waals surface area contributed by atoms with Crippen molar-refractivity contribution in [3.05, 3.63) is 29.0 Å². The van der Waals surface area contributed by atoms with Gasteiger partial charge in [-0.25, -0.2) is 9.18 Å². The molecular weight excluding hydrogens is 367 g/mol. The molecule has 26 heavy (non-hydrogen) atoms. The third-order valence-electron chi connectivity index (χ3n) is 3.55. The van der Waals surface area contributed by atoms with Crippen LogP contribution in [0.1, 0.15) is 16.7 Å². The number of nitrogens with one attached hydrogen (secondary N) is 1. The smallest absolute Gasteiger partial charge is 0.414 e. The minimum absolute atomic E-state index is 0.0566. The lowest BCUT2D eigenvalue weighted by atomic mass is 10.2. The average molecular weight is 379 g/mol. The number of aromatic nitrogens is 2. The number of ether oxygens (including phenoxy) is 1. The second-order valence-corrected chi connectivity index (χ2v) is 6.39. The molecule has 0 spiro atoms. The van der Waals surface area contributed by atoms with Gasteiger partial charge in [-0.2, -0.15) is 0 Å². The number of cyclic esters (lactones) is 1. The standard InChI is InChI=1S/C15H13FN4O5S/c1-7(21)17-5-9-6-20(15(24)25-9)8-2-3-10(11(16)4-8)12-18-19-13(26-12)14(22)23/h2-4,9H,5-6H2,1H3,(H,17,21)(H,22,23)/p-1. The third kappa shape index (κ3) is 3.61. The Hall–Kier alpha value is -3.08. The number of hydrogen-bond donors (Lipinski definition) is 1. The maximum Gasteiger partial charge on any atom is 0.414 e. The van der Waals surface area contributed by atoms with E-state index >= 15 is 0 Å². The van der Waals surface area contributed by atoms with Crippen LogP contribution in [-0.2, 0) is 9.53 Å². The first-order valence-electron chi connectivity index (χ1n) is 7.42. The van der Waals surface area contributed by atoms with E-state index in [1.165, 1.54) is 24.0 Å². The van der Waals surface area contributed by atoms with Gasteiger partial charge in [-0.1, -0.05) is 11.3 Å². The second-order valence-electron chi connectivity index (χ2n) is 5.42. The SMILES string of the molecule is CC(=O)NCC1CN(c2ccc(-c3nnc(C(=O)[O-])s3)c(F)c2)C(=O)O1. The lowest BCUT2D eigenvalue weighted by Gasteiger charge is -2.14. The third-order valence-corrected chi connectivity index (χ3v) is 4.48. The Morgan fingerprint density at radius 1 is 1.46 bits per heavy atom. The second kappa shape index (κ2) is 7.04. The Kier molecular flexibility index (Phi) is 4.80. The molecule has 1 aliphatic heterocycles. The van der Waals surface area contributed by atoms with Gasteiger partial charge in [0, 0.05) is 12.5 Å². The first-order valence-corrected chi connectivity index (χ1v) is 8.24. The fourth-order valence-corrected chi connectivity index (χ4v) is 3.06. The van der Waals surface area contributed by atoms with Crippen molar-refractivity contribution in [1.82, 2.24) is 15.5 Å². The Bertz CT molecular complexity index is 887. The van der Waals surface area contributed by atoms with Gasteiger partial charge in [-0.3, -0.25) is 9.69 Å². The van der Waals surface area contributed by atoms with Crippen LogP contribution < -0.4 is 15.3 Å². The molecule has 1 atom stereocenters. The van der Waals surface area contributed by atoms with E-state index in [2.05, 4.69) is 15.5 Å². The topological polar surface area (TPSA) is 125 Å². The molecule has 1 fully saturated rings. The van der Waals surface area contributed by atoms with Gasteiger partial charge in [0.1, 0.15) is 17.9 Å². The van der Waals surface area contributed by atoms with Crippen molar-refractivity contribution in [2.75, 3.05) is 18.0 Å². The van der Waals surface area contributed by atoms with Crippen LogP contribution in [0.15, 0.2) is 18.2 Å². The van der Waals surface area contributed by atoms with Crippen molar-refractivity contribution in [1.29, 1.82) is 0 Å². The monoisotopic (exact) mass is 379 g/mol. The molecule has 0 radical (unpaired) electrons. The van der Waals surface area contributed by atoms with Crippen molar-refractivity contribution in [2.24, 2.45) is 0 Å². The van der Waals surface area contributed by atoms with Crippen molar-refractivity contribution in [3.8, 4) is 10.6 Å². The van der Waals surface area contributed by atoms with Crippen LogP contribution in [0.2, 0.25) is 0 Å². The minimum Gasteiger partial charge on any atom is -0.542 e. The molecule has 1 unspecified atom stereocenters. The lowest BCUT2D eigenvalue weighted by Crippen LogP contribution is -2.33. The molecule has 1 saturated heterocycles. The zero-order valence-corrected chi connectivity index (χ0v) is 14.2. The van der Waals surface area contributed by atoms with Gasteiger partial charge in [0.2, 0.25) is 5.91 Å². The summed E-state index contributed by atoms with van der Waals surface area (Å²) < 4.78 is 19.5. The van der Waals surface area contributed by atoms with E-state index in [-0.39, 0.29) is 40.3 Å². The zero-order chi connectivity index (χ0) is 18.8. The van der Waals surface area contributed by atoms with Crippen molar-refractivity contribution in [3.63, 3.8) is 0 Å². The molecule has 3 rings (SSSR count). The number of carbonyl (C=O) groups excluding carboxylic acids is 3. The molecule has 2 heterocycles. The fraction of sp³-hybridized carbons (Fsp3) is 0.267. The highest BCUT2D eigenvalue weighted by Crippen LogP contribution is 2.30. The van der Waals surface area contributed by atoms with Crippen LogP contribution in [0.5, 0.6) is 0 Å². The van der Waals surface area contributed by atoms with Crippen LogP contribution in [-0.4, -0.2) is 47.4 Å². The predicted molar refractivity (Wildman–Crippen MR) is 85.9 cm³/mol. The molecule has 136 valence electrons. The van der Waals surface area contributed by atoms with Gasteiger partial charge in [0.25, 0.3) is 0 Å². The number of carbonyl (C=O) groups is 3. The molecule has 1 N–H and O–H groups in total.